The van der Waals surface area contributed by atoms with E-state index in [0.717, 1.165) is 13.2 Å². The van der Waals surface area contributed by atoms with Crippen LogP contribution in [0.5, 0.6) is 0 Å². The van der Waals surface area contributed by atoms with Crippen LogP contribution in [0.1, 0.15) is 47.5 Å². The highest BCUT2D eigenvalue weighted by Gasteiger charge is 2.37. The topological polar surface area (TPSA) is 24.5 Å². The molecule has 0 amide bonds. The average molecular weight is 268 g/mol. The van der Waals surface area contributed by atoms with Crippen molar-refractivity contribution in [2.24, 2.45) is 11.8 Å². The van der Waals surface area contributed by atoms with Crippen LogP contribution in [0.3, 0.4) is 0 Å². The summed E-state index contributed by atoms with van der Waals surface area (Å²) in [4.78, 5) is 2.72. The van der Waals surface area contributed by atoms with E-state index in [9.17, 15) is 0 Å². The van der Waals surface area contributed by atoms with Crippen molar-refractivity contribution in [1.29, 1.82) is 0 Å². The second-order valence-electron chi connectivity index (χ2n) is 7.06. The van der Waals surface area contributed by atoms with E-state index in [0.29, 0.717) is 36.1 Å². The van der Waals surface area contributed by atoms with Crippen LogP contribution in [0.4, 0.5) is 0 Å². The lowest BCUT2D eigenvalue weighted by Crippen LogP contribution is -2.63. The van der Waals surface area contributed by atoms with E-state index >= 15 is 0 Å². The van der Waals surface area contributed by atoms with E-state index in [1.807, 2.05) is 0 Å². The summed E-state index contributed by atoms with van der Waals surface area (Å²) in [5, 5.41) is 3.74. The minimum absolute atomic E-state index is 0.451. The van der Waals surface area contributed by atoms with Gasteiger partial charge in [-0.15, -0.1) is 0 Å². The Kier molecular flexibility index (Phi) is 5.27. The molecule has 112 valence electrons. The van der Waals surface area contributed by atoms with Gasteiger partial charge in [0.05, 0.1) is 6.10 Å². The van der Waals surface area contributed by atoms with Crippen molar-refractivity contribution in [3.05, 3.63) is 0 Å². The first-order chi connectivity index (χ1) is 9.00. The molecule has 2 aliphatic heterocycles. The average Bonchev–Trinajstić information content (AvgIpc) is 2.90. The quantitative estimate of drug-likeness (QED) is 0.848. The Hall–Kier alpha value is -0.120. The van der Waals surface area contributed by atoms with Crippen molar-refractivity contribution in [3.63, 3.8) is 0 Å². The van der Waals surface area contributed by atoms with Crippen LogP contribution < -0.4 is 5.32 Å². The number of hydrogen-bond acceptors (Lipinski definition) is 3. The zero-order chi connectivity index (χ0) is 14.0. The van der Waals surface area contributed by atoms with Crippen LogP contribution in [-0.2, 0) is 4.74 Å². The summed E-state index contributed by atoms with van der Waals surface area (Å²) in [6, 6.07) is 1.83. The van der Waals surface area contributed by atoms with E-state index in [2.05, 4.69) is 44.8 Å². The number of ether oxygens (including phenoxy) is 1. The molecular weight excluding hydrogens is 236 g/mol. The maximum atomic E-state index is 5.93. The van der Waals surface area contributed by atoms with Crippen molar-refractivity contribution >= 4 is 0 Å². The van der Waals surface area contributed by atoms with Gasteiger partial charge >= 0.3 is 0 Å². The van der Waals surface area contributed by atoms with Crippen LogP contribution in [-0.4, -0.2) is 48.8 Å². The normalized spacial score (nSPS) is 35.2. The van der Waals surface area contributed by atoms with Crippen LogP contribution in [0.15, 0.2) is 0 Å². The third-order valence-corrected chi connectivity index (χ3v) is 5.02. The number of nitrogens with one attached hydrogen (secondary N) is 1. The molecule has 3 nitrogen and oxygen atoms in total. The maximum absolute atomic E-state index is 5.93. The fourth-order valence-electron chi connectivity index (χ4n) is 3.55. The SMILES string of the molecule is CC(C)C1CN(C(C)C2CCCO2)C(C(C)C)CN1. The van der Waals surface area contributed by atoms with Gasteiger partial charge < -0.3 is 10.1 Å². The van der Waals surface area contributed by atoms with E-state index in [4.69, 9.17) is 4.74 Å². The van der Waals surface area contributed by atoms with E-state index < -0.39 is 0 Å². The monoisotopic (exact) mass is 268 g/mol. The van der Waals surface area contributed by atoms with Gasteiger partial charge in [0.15, 0.2) is 0 Å². The molecule has 2 saturated heterocycles. The Bertz CT molecular complexity index is 274. The van der Waals surface area contributed by atoms with Gasteiger partial charge in [0.1, 0.15) is 0 Å². The fourth-order valence-corrected chi connectivity index (χ4v) is 3.55. The Labute approximate surface area is 119 Å². The number of hydrogen-bond donors (Lipinski definition) is 1. The van der Waals surface area contributed by atoms with Crippen LogP contribution in [0, 0.1) is 11.8 Å². The summed E-state index contributed by atoms with van der Waals surface area (Å²) in [5.41, 5.74) is 0. The van der Waals surface area contributed by atoms with Gasteiger partial charge in [-0.3, -0.25) is 4.90 Å². The second-order valence-corrected chi connectivity index (χ2v) is 7.06. The van der Waals surface area contributed by atoms with Gasteiger partial charge in [-0.1, -0.05) is 27.7 Å². The van der Waals surface area contributed by atoms with Gasteiger partial charge in [0, 0.05) is 37.8 Å². The van der Waals surface area contributed by atoms with E-state index in [-0.39, 0.29) is 0 Å². The molecule has 0 spiro atoms. The molecule has 0 aliphatic carbocycles. The Balaban J connectivity index is 2.05. The highest BCUT2D eigenvalue weighted by atomic mass is 16.5. The molecule has 19 heavy (non-hydrogen) atoms. The predicted molar refractivity (Wildman–Crippen MR) is 80.4 cm³/mol. The first-order valence-corrected chi connectivity index (χ1v) is 8.11. The maximum Gasteiger partial charge on any atom is 0.0728 e. The van der Waals surface area contributed by atoms with Crippen LogP contribution in [0.2, 0.25) is 0 Å². The fraction of sp³-hybridized carbons (Fsp3) is 1.00. The lowest BCUT2D eigenvalue weighted by atomic mass is 9.91. The standard InChI is InChI=1S/C16H32N2O/c1-11(2)14-10-18(15(9-17-14)12(3)4)13(5)16-7-6-8-19-16/h11-17H,6-10H2,1-5H3. The Morgan fingerprint density at radius 1 is 1.11 bits per heavy atom. The van der Waals surface area contributed by atoms with Crippen molar-refractivity contribution in [3.8, 4) is 0 Å². The molecule has 2 heterocycles. The van der Waals surface area contributed by atoms with Crippen molar-refractivity contribution in [1.82, 2.24) is 10.2 Å². The summed E-state index contributed by atoms with van der Waals surface area (Å²) in [7, 11) is 0. The van der Waals surface area contributed by atoms with Crippen molar-refractivity contribution < 1.29 is 4.74 Å². The zero-order valence-corrected chi connectivity index (χ0v) is 13.4. The summed E-state index contributed by atoms with van der Waals surface area (Å²) in [6.45, 7) is 15.0. The number of nitrogens with zero attached hydrogens (tertiary/aromatic N) is 1. The molecule has 0 bridgehead atoms. The molecule has 1 N–H and O–H groups in total. The Morgan fingerprint density at radius 2 is 1.84 bits per heavy atom. The second kappa shape index (κ2) is 6.55. The third kappa shape index (κ3) is 3.50. The molecule has 0 aromatic rings. The Morgan fingerprint density at radius 3 is 2.37 bits per heavy atom. The number of rotatable bonds is 4. The largest absolute Gasteiger partial charge is 0.377 e. The summed E-state index contributed by atoms with van der Waals surface area (Å²) >= 11 is 0. The van der Waals surface area contributed by atoms with Crippen LogP contribution >= 0.6 is 0 Å². The molecule has 4 atom stereocenters. The van der Waals surface area contributed by atoms with Gasteiger partial charge in [0.2, 0.25) is 0 Å². The van der Waals surface area contributed by atoms with Crippen LogP contribution in [0.25, 0.3) is 0 Å². The highest BCUT2D eigenvalue weighted by Crippen LogP contribution is 2.26. The first kappa shape index (κ1) is 15.3. The predicted octanol–water partition coefficient (Wildman–Crippen LogP) is 2.51. The van der Waals surface area contributed by atoms with Gasteiger partial charge in [-0.25, -0.2) is 0 Å². The minimum Gasteiger partial charge on any atom is -0.377 e. The third-order valence-electron chi connectivity index (χ3n) is 5.02. The molecule has 0 aromatic carbocycles. The lowest BCUT2D eigenvalue weighted by molar-refractivity contribution is -0.0196. The number of piperazine rings is 1. The molecule has 2 rings (SSSR count). The molecular formula is C16H32N2O. The van der Waals surface area contributed by atoms with Crippen molar-refractivity contribution in [2.45, 2.75) is 71.7 Å². The molecule has 2 fully saturated rings. The lowest BCUT2D eigenvalue weighted by Gasteiger charge is -2.47. The van der Waals surface area contributed by atoms with E-state index in [1.54, 1.807) is 0 Å². The molecule has 2 aliphatic rings. The smallest absolute Gasteiger partial charge is 0.0728 e. The summed E-state index contributed by atoms with van der Waals surface area (Å²) in [5.74, 6) is 1.40. The van der Waals surface area contributed by atoms with Crippen molar-refractivity contribution in [2.75, 3.05) is 19.7 Å². The molecule has 0 radical (unpaired) electrons. The zero-order valence-electron chi connectivity index (χ0n) is 13.4. The van der Waals surface area contributed by atoms with E-state index in [1.165, 1.54) is 19.4 Å². The first-order valence-electron chi connectivity index (χ1n) is 8.11. The summed E-state index contributed by atoms with van der Waals surface area (Å²) < 4.78 is 5.93. The minimum atomic E-state index is 0.451. The molecule has 3 heteroatoms. The highest BCUT2D eigenvalue weighted by molar-refractivity contribution is 4.93. The van der Waals surface area contributed by atoms with Gasteiger partial charge in [-0.05, 0) is 31.6 Å². The molecule has 0 saturated carbocycles. The summed E-state index contributed by atoms with van der Waals surface area (Å²) in [6.07, 6.45) is 2.93. The molecule has 0 aromatic heterocycles. The van der Waals surface area contributed by atoms with Gasteiger partial charge in [-0.2, -0.15) is 0 Å². The molecule has 4 unspecified atom stereocenters. The van der Waals surface area contributed by atoms with Gasteiger partial charge in [0.25, 0.3) is 0 Å².